The van der Waals surface area contributed by atoms with Gasteiger partial charge in [0.25, 0.3) is 11.9 Å². The van der Waals surface area contributed by atoms with Gasteiger partial charge in [-0.2, -0.15) is 24.5 Å². The van der Waals surface area contributed by atoms with Crippen molar-refractivity contribution in [1.82, 2.24) is 54.4 Å². The topological polar surface area (TPSA) is 291 Å². The van der Waals surface area contributed by atoms with Crippen LogP contribution in [0.15, 0.2) is 45.2 Å². The van der Waals surface area contributed by atoms with E-state index in [-0.39, 0.29) is 109 Å². The second kappa shape index (κ2) is 15.8. The molecule has 49 heavy (non-hydrogen) atoms. The molecule has 236 valence electrons. The maximum absolute atomic E-state index is 12.8. The van der Waals surface area contributed by atoms with E-state index in [9.17, 15) is 15.0 Å². The zero-order valence-electron chi connectivity index (χ0n) is 28.4. The first-order valence-corrected chi connectivity index (χ1v) is 13.4. The molecule has 0 saturated carbocycles. The largest absolute Gasteiger partial charge is 1.00 e. The Hall–Kier alpha value is -4.55. The number of aromatic carboxylic acids is 1. The second-order valence-corrected chi connectivity index (χ2v) is 11.7. The van der Waals surface area contributed by atoms with E-state index < -0.39 is 22.8 Å². The molecule has 0 saturated heterocycles. The van der Waals surface area contributed by atoms with E-state index in [0.29, 0.717) is 11.4 Å². The van der Waals surface area contributed by atoms with Gasteiger partial charge in [0, 0.05) is 10.8 Å². The average molecular weight is 645 g/mol. The summed E-state index contributed by atoms with van der Waals surface area (Å²) in [4.78, 5) is 38.6. The van der Waals surface area contributed by atoms with Gasteiger partial charge in [0.2, 0.25) is 0 Å². The summed E-state index contributed by atoms with van der Waals surface area (Å²) in [7, 11) is 0. The summed E-state index contributed by atoms with van der Waals surface area (Å²) < 4.78 is 2.26. The molecule has 0 radical (unpaired) electrons. The molecule has 0 spiro atoms. The molecule has 4 N–H and O–H groups in total. The second-order valence-electron chi connectivity index (χ2n) is 11.7. The zero-order valence-corrected chi connectivity index (χ0v) is 28.4. The third kappa shape index (κ3) is 8.93. The minimum atomic E-state index is -1.49. The summed E-state index contributed by atoms with van der Waals surface area (Å²) in [5.74, 6) is -1.83. The summed E-state index contributed by atoms with van der Waals surface area (Å²) in [5, 5.41) is 49.4. The van der Waals surface area contributed by atoms with Crippen molar-refractivity contribution in [1.29, 1.82) is 0 Å². The fraction of sp³-hybridized carbons (Fsp3) is 0.308. The van der Waals surface area contributed by atoms with Crippen molar-refractivity contribution in [2.24, 2.45) is 20.5 Å². The predicted octanol–water partition coefficient (Wildman–Crippen LogP) is -7.34. The van der Waals surface area contributed by atoms with Crippen molar-refractivity contribution in [3.05, 3.63) is 48.1 Å². The van der Waals surface area contributed by atoms with E-state index in [4.69, 9.17) is 11.5 Å². The molecule has 5 rings (SSSR count). The number of carbonyl (C=O) groups is 1. The average Bonchev–Trinajstić information content (AvgIpc) is 3.52. The number of anilines is 2. The van der Waals surface area contributed by atoms with Gasteiger partial charge in [0.1, 0.15) is 11.5 Å². The summed E-state index contributed by atoms with van der Waals surface area (Å²) in [6.45, 7) is 11.3. The van der Waals surface area contributed by atoms with E-state index in [1.54, 1.807) is 0 Å². The molecule has 5 heterocycles. The van der Waals surface area contributed by atoms with E-state index in [0.717, 1.165) is 21.8 Å². The van der Waals surface area contributed by atoms with E-state index >= 15 is 0 Å². The van der Waals surface area contributed by atoms with Gasteiger partial charge in [-0.25, -0.2) is 19.9 Å². The first-order valence-electron chi connectivity index (χ1n) is 13.4. The quantitative estimate of drug-likeness (QED) is 0.0944. The number of nitrogens with two attached hydrogens (primary N) is 2. The minimum absolute atomic E-state index is 0. The van der Waals surface area contributed by atoms with Crippen LogP contribution in [-0.4, -0.2) is 60.4 Å². The Morgan fingerprint density at radius 3 is 1.61 bits per heavy atom. The number of carbonyl (C=O) groups excluding carboxylic acids is 1. The van der Waals surface area contributed by atoms with Crippen LogP contribution in [0.5, 0.6) is 6.01 Å². The molecule has 0 unspecified atom stereocenters. The molecular weight excluding hydrogens is 619 g/mol. The predicted molar refractivity (Wildman–Crippen MR) is 155 cm³/mol. The van der Waals surface area contributed by atoms with Gasteiger partial charge in [-0.15, -0.1) is 26.7 Å². The first-order chi connectivity index (χ1) is 21.6. The zero-order chi connectivity index (χ0) is 33.4. The monoisotopic (exact) mass is 645 g/mol. The SMILES string of the molecule is CC(C)(C)c1nn(-c2nc([O-])nc(-n3nc(C(C)(C)C)c(N=Nc4cnc(C(=O)[O-])cn4)c3N)n2)c(N)c1N=Nc1cn[c-]cn1.[Li+].[Li+].[Li+]. The van der Waals surface area contributed by atoms with Crippen LogP contribution in [0.1, 0.15) is 63.4 Å². The van der Waals surface area contributed by atoms with Crippen molar-refractivity contribution in [3.63, 3.8) is 0 Å². The van der Waals surface area contributed by atoms with Crippen molar-refractivity contribution in [2.75, 3.05) is 11.5 Å². The molecule has 0 aromatic carbocycles. The summed E-state index contributed by atoms with van der Waals surface area (Å²) in [5.41, 5.74) is 12.5. The van der Waals surface area contributed by atoms with Crippen molar-refractivity contribution in [2.45, 2.75) is 52.4 Å². The summed E-state index contributed by atoms with van der Waals surface area (Å²) in [6, 6.07) is -0.926. The molecule has 0 fully saturated rings. The summed E-state index contributed by atoms with van der Waals surface area (Å²) in [6.07, 6.45) is 7.36. The Morgan fingerprint density at radius 1 is 0.735 bits per heavy atom. The van der Waals surface area contributed by atoms with E-state index in [1.807, 2.05) is 41.5 Å². The third-order valence-electron chi connectivity index (χ3n) is 6.04. The van der Waals surface area contributed by atoms with Gasteiger partial charge in [0.15, 0.2) is 28.8 Å². The van der Waals surface area contributed by atoms with Crippen molar-refractivity contribution < 1.29 is 71.6 Å². The van der Waals surface area contributed by atoms with Crippen LogP contribution in [0.3, 0.4) is 0 Å². The third-order valence-corrected chi connectivity index (χ3v) is 6.04. The Bertz CT molecular complexity index is 1980. The maximum atomic E-state index is 12.8. The fourth-order valence-corrected chi connectivity index (χ4v) is 3.87. The van der Waals surface area contributed by atoms with Crippen LogP contribution in [0.4, 0.5) is 34.6 Å². The Labute approximate surface area is 315 Å². The van der Waals surface area contributed by atoms with Crippen LogP contribution in [0.25, 0.3) is 11.9 Å². The molecule has 5 aromatic rings. The van der Waals surface area contributed by atoms with Crippen LogP contribution in [0, 0.1) is 6.20 Å². The number of aromatic nitrogens is 11. The van der Waals surface area contributed by atoms with Gasteiger partial charge >= 0.3 is 56.6 Å². The number of hydrogen-bond acceptors (Lipinski definition) is 18. The fourth-order valence-electron chi connectivity index (χ4n) is 3.87. The normalized spacial score (nSPS) is 11.6. The molecule has 0 bridgehead atoms. The number of carboxylic acid groups (broad SMARTS) is 1. The van der Waals surface area contributed by atoms with Gasteiger partial charge in [-0.1, -0.05) is 47.7 Å². The number of nitrogen functional groups attached to an aromatic ring is 2. The number of carboxylic acids is 1. The molecule has 0 aliphatic rings. The molecule has 20 nitrogen and oxygen atoms in total. The number of rotatable bonds is 7. The van der Waals surface area contributed by atoms with Gasteiger partial charge in [-0.05, 0) is 6.20 Å². The molecule has 0 amide bonds. The van der Waals surface area contributed by atoms with Gasteiger partial charge in [0.05, 0.1) is 35.8 Å². The smallest absolute Gasteiger partial charge is 0.844 e. The maximum Gasteiger partial charge on any atom is 1.00 e. The van der Waals surface area contributed by atoms with Crippen LogP contribution in [-0.2, 0) is 10.8 Å². The molecular formula is C26H26Li3N17O3. The van der Waals surface area contributed by atoms with E-state index in [1.165, 1.54) is 12.4 Å². The van der Waals surface area contributed by atoms with Crippen molar-refractivity contribution >= 4 is 40.6 Å². The van der Waals surface area contributed by atoms with E-state index in [2.05, 4.69) is 71.7 Å². The number of azo groups is 2. The van der Waals surface area contributed by atoms with Crippen LogP contribution < -0.4 is 78.3 Å². The number of nitrogens with zero attached hydrogens (tertiary/aromatic N) is 15. The molecule has 5 aromatic heterocycles. The number of hydrogen-bond donors (Lipinski definition) is 2. The molecule has 23 heteroatoms. The standard InChI is InChI=1S/C26H28N17O3.3Li/c1-25(2,3)17-15(38-36-13-10-29-7-8-30-13)19(27)42(40-17)22-33-23(35-24(46)34-22)43-20(28)16(18(41-43)26(4,5)6)39-37-14-11-31-12(9-32-14)21(44)45;;;/h8-11H,27-28H2,1-6H3,(H,44,45)(H,33,34,35,46);;;/q-1;3*+1/p-2. The minimum Gasteiger partial charge on any atom is -0.844 e. The van der Waals surface area contributed by atoms with Gasteiger partial charge in [-0.3, -0.25) is 4.98 Å². The van der Waals surface area contributed by atoms with Crippen LogP contribution in [0.2, 0.25) is 0 Å². The Kier molecular flexibility index (Phi) is 13.1. The molecule has 0 aliphatic heterocycles. The first kappa shape index (κ1) is 40.6. The molecule has 0 aliphatic carbocycles. The van der Waals surface area contributed by atoms with Crippen LogP contribution >= 0.6 is 0 Å². The Balaban J connectivity index is 0.00000278. The summed E-state index contributed by atoms with van der Waals surface area (Å²) >= 11 is 0. The van der Waals surface area contributed by atoms with Gasteiger partial charge < -0.3 is 31.5 Å². The molecule has 0 atom stereocenters. The Morgan fingerprint density at radius 2 is 1.22 bits per heavy atom. The van der Waals surface area contributed by atoms with Crippen molar-refractivity contribution in [3.8, 4) is 17.9 Å².